The lowest BCUT2D eigenvalue weighted by Gasteiger charge is -2.62. The number of hydrogen-bond acceptors (Lipinski definition) is 1. The van der Waals surface area contributed by atoms with Crippen LogP contribution in [-0.2, 0) is 0 Å². The van der Waals surface area contributed by atoms with E-state index in [1.54, 1.807) is 0 Å². The maximum atomic E-state index is 10.4. The fourth-order valence-corrected chi connectivity index (χ4v) is 4.78. The average Bonchev–Trinajstić information content (AvgIpc) is 1.96. The van der Waals surface area contributed by atoms with Gasteiger partial charge in [0.05, 0.1) is 5.60 Å². The van der Waals surface area contributed by atoms with Gasteiger partial charge in [-0.2, -0.15) is 0 Å². The van der Waals surface area contributed by atoms with E-state index in [0.29, 0.717) is 5.41 Å². The van der Waals surface area contributed by atoms with Crippen molar-refractivity contribution in [2.45, 2.75) is 51.6 Å². The van der Waals surface area contributed by atoms with Crippen molar-refractivity contribution in [3.63, 3.8) is 0 Å². The summed E-state index contributed by atoms with van der Waals surface area (Å²) in [5, 5.41) is 10.4. The van der Waals surface area contributed by atoms with Crippen LogP contribution in [0.1, 0.15) is 46.0 Å². The van der Waals surface area contributed by atoms with Gasteiger partial charge in [-0.1, -0.05) is 13.8 Å². The number of hydrogen-bond donors (Lipinski definition) is 1. The first-order chi connectivity index (χ1) is 6.01. The Labute approximate surface area is 92.7 Å². The van der Waals surface area contributed by atoms with E-state index in [0.717, 1.165) is 37.0 Å². The summed E-state index contributed by atoms with van der Waals surface area (Å²) >= 11 is 0. The molecule has 2 heteroatoms. The Morgan fingerprint density at radius 1 is 1.21 bits per heavy atom. The Morgan fingerprint density at radius 3 is 2.50 bits per heavy atom. The van der Waals surface area contributed by atoms with Gasteiger partial charge < -0.3 is 5.11 Å². The van der Waals surface area contributed by atoms with Crippen LogP contribution in [0, 0.1) is 23.2 Å². The molecular formula is C12H21ClO. The Kier molecular flexibility index (Phi) is 2.22. The van der Waals surface area contributed by atoms with Crippen molar-refractivity contribution in [3.05, 3.63) is 0 Å². The van der Waals surface area contributed by atoms with Crippen LogP contribution in [0.15, 0.2) is 0 Å². The highest BCUT2D eigenvalue weighted by atomic mass is 35.5. The predicted molar refractivity (Wildman–Crippen MR) is 59.5 cm³/mol. The highest BCUT2D eigenvalue weighted by Crippen LogP contribution is 2.63. The number of rotatable bonds is 0. The molecule has 4 aliphatic carbocycles. The third-order valence-electron chi connectivity index (χ3n) is 5.24. The molecule has 0 amide bonds. The predicted octanol–water partition coefficient (Wildman–Crippen LogP) is 3.01. The molecular weight excluding hydrogens is 196 g/mol. The molecule has 0 aliphatic heterocycles. The van der Waals surface area contributed by atoms with Crippen molar-refractivity contribution in [2.75, 3.05) is 0 Å². The maximum Gasteiger partial charge on any atom is 0.0658 e. The summed E-state index contributed by atoms with van der Waals surface area (Å²) in [6, 6.07) is 0. The summed E-state index contributed by atoms with van der Waals surface area (Å²) < 4.78 is 0. The van der Waals surface area contributed by atoms with Crippen LogP contribution < -0.4 is 0 Å². The molecule has 4 aliphatic rings. The lowest BCUT2D eigenvalue weighted by atomic mass is 9.44. The second-order valence-electron chi connectivity index (χ2n) is 6.32. The molecule has 0 heterocycles. The first-order valence-corrected chi connectivity index (χ1v) is 5.73. The van der Waals surface area contributed by atoms with Gasteiger partial charge in [-0.25, -0.2) is 0 Å². The second-order valence-corrected chi connectivity index (χ2v) is 6.32. The van der Waals surface area contributed by atoms with Gasteiger partial charge in [0.25, 0.3) is 0 Å². The summed E-state index contributed by atoms with van der Waals surface area (Å²) in [6.45, 7) is 4.81. The summed E-state index contributed by atoms with van der Waals surface area (Å²) in [5.41, 5.74) is 0.214. The molecule has 0 radical (unpaired) electrons. The minimum absolute atomic E-state index is 0. The summed E-state index contributed by atoms with van der Waals surface area (Å²) in [4.78, 5) is 0. The first kappa shape index (κ1) is 10.8. The lowest BCUT2D eigenvalue weighted by molar-refractivity contribution is -0.185. The fraction of sp³-hybridized carbons (Fsp3) is 1.00. The average molecular weight is 217 g/mol. The quantitative estimate of drug-likeness (QED) is 0.660. The van der Waals surface area contributed by atoms with Gasteiger partial charge in [-0.15, -0.1) is 12.4 Å². The Bertz CT molecular complexity index is 255. The van der Waals surface area contributed by atoms with Gasteiger partial charge in [-0.05, 0) is 55.3 Å². The smallest absolute Gasteiger partial charge is 0.0658 e. The van der Waals surface area contributed by atoms with E-state index in [4.69, 9.17) is 0 Å². The minimum atomic E-state index is -0.257. The highest BCUT2D eigenvalue weighted by Gasteiger charge is 2.58. The molecule has 4 rings (SSSR count). The fourth-order valence-electron chi connectivity index (χ4n) is 4.78. The normalized spacial score (nSPS) is 59.8. The third-order valence-corrected chi connectivity index (χ3v) is 5.24. The maximum absolute atomic E-state index is 10.4. The lowest BCUT2D eigenvalue weighted by Crippen LogP contribution is -2.58. The monoisotopic (exact) mass is 216 g/mol. The van der Waals surface area contributed by atoms with E-state index in [2.05, 4.69) is 13.8 Å². The zero-order chi connectivity index (χ0) is 9.27. The Morgan fingerprint density at radius 2 is 1.93 bits per heavy atom. The van der Waals surface area contributed by atoms with Crippen molar-refractivity contribution < 1.29 is 5.11 Å². The van der Waals surface area contributed by atoms with Crippen molar-refractivity contribution >= 4 is 12.4 Å². The van der Waals surface area contributed by atoms with Crippen LogP contribution in [0.3, 0.4) is 0 Å². The van der Waals surface area contributed by atoms with E-state index in [-0.39, 0.29) is 18.0 Å². The molecule has 5 unspecified atom stereocenters. The highest BCUT2D eigenvalue weighted by molar-refractivity contribution is 5.85. The third kappa shape index (κ3) is 1.25. The molecule has 0 aromatic heterocycles. The molecule has 4 bridgehead atoms. The van der Waals surface area contributed by atoms with E-state index in [9.17, 15) is 5.11 Å². The van der Waals surface area contributed by atoms with Crippen molar-refractivity contribution in [1.29, 1.82) is 0 Å². The summed E-state index contributed by atoms with van der Waals surface area (Å²) in [6.07, 6.45) is 6.06. The molecule has 1 nitrogen and oxygen atoms in total. The van der Waals surface area contributed by atoms with Gasteiger partial charge >= 0.3 is 0 Å². The molecule has 0 aromatic carbocycles. The SMILES string of the molecule is CC1C2CC3CC(O)(C2)CC1(C)C3.Cl. The van der Waals surface area contributed by atoms with Crippen molar-refractivity contribution in [3.8, 4) is 0 Å². The van der Waals surface area contributed by atoms with Crippen LogP contribution >= 0.6 is 12.4 Å². The van der Waals surface area contributed by atoms with E-state index < -0.39 is 0 Å². The van der Waals surface area contributed by atoms with Crippen LogP contribution in [0.4, 0.5) is 0 Å². The minimum Gasteiger partial charge on any atom is -0.390 e. The summed E-state index contributed by atoms with van der Waals surface area (Å²) in [7, 11) is 0. The molecule has 0 spiro atoms. The van der Waals surface area contributed by atoms with Crippen molar-refractivity contribution in [2.24, 2.45) is 23.2 Å². The van der Waals surface area contributed by atoms with Gasteiger partial charge in [0.15, 0.2) is 0 Å². The largest absolute Gasteiger partial charge is 0.390 e. The van der Waals surface area contributed by atoms with Crippen LogP contribution in [0.2, 0.25) is 0 Å². The van der Waals surface area contributed by atoms with E-state index in [1.807, 2.05) is 0 Å². The molecule has 0 saturated heterocycles. The molecule has 1 N–H and O–H groups in total. The van der Waals surface area contributed by atoms with Gasteiger partial charge in [0.1, 0.15) is 0 Å². The first-order valence-electron chi connectivity index (χ1n) is 5.73. The Balaban J connectivity index is 0.000000750. The van der Waals surface area contributed by atoms with Crippen LogP contribution in [0.25, 0.3) is 0 Å². The zero-order valence-corrected chi connectivity index (χ0v) is 9.94. The number of aliphatic hydroxyl groups is 1. The molecule has 14 heavy (non-hydrogen) atoms. The van der Waals surface area contributed by atoms with Crippen molar-refractivity contribution in [1.82, 2.24) is 0 Å². The molecule has 82 valence electrons. The number of halogens is 1. The summed E-state index contributed by atoms with van der Waals surface area (Å²) in [5.74, 6) is 2.53. The van der Waals surface area contributed by atoms with Gasteiger partial charge in [0, 0.05) is 0 Å². The molecule has 5 atom stereocenters. The van der Waals surface area contributed by atoms with Gasteiger partial charge in [-0.3, -0.25) is 0 Å². The van der Waals surface area contributed by atoms with E-state index in [1.165, 1.54) is 12.8 Å². The second kappa shape index (κ2) is 2.89. The zero-order valence-electron chi connectivity index (χ0n) is 9.12. The molecule has 4 saturated carbocycles. The molecule has 0 aromatic rings. The van der Waals surface area contributed by atoms with E-state index >= 15 is 0 Å². The topological polar surface area (TPSA) is 20.2 Å². The Hall–Kier alpha value is 0.250. The molecule has 4 fully saturated rings. The van der Waals surface area contributed by atoms with Gasteiger partial charge in [0.2, 0.25) is 0 Å². The van der Waals surface area contributed by atoms with Crippen LogP contribution in [0.5, 0.6) is 0 Å². The standard InChI is InChI=1S/C12H20O.ClH/c1-8-10-3-9-4-11(8,2)7-12(13,5-9)6-10;/h8-10,13H,3-7H2,1-2H3;1H. The van der Waals surface area contributed by atoms with Crippen LogP contribution in [-0.4, -0.2) is 10.7 Å².